The summed E-state index contributed by atoms with van der Waals surface area (Å²) in [6.45, 7) is 0. The van der Waals surface area contributed by atoms with E-state index in [4.69, 9.17) is 96.4 Å². The zero-order valence-electron chi connectivity index (χ0n) is 13.5. The lowest BCUT2D eigenvalue weighted by atomic mass is 10.2. The monoisotopic (exact) mass is 515 g/mol. The molecule has 3 nitrogen and oxygen atoms in total. The molecule has 146 valence electrons. The van der Waals surface area contributed by atoms with Gasteiger partial charge in [-0.2, -0.15) is 0 Å². The second kappa shape index (κ2) is 8.85. The first kappa shape index (κ1) is 21.8. The number of hydrogen-bond acceptors (Lipinski definition) is 3. The van der Waals surface area contributed by atoms with Crippen molar-refractivity contribution in [2.24, 2.45) is 0 Å². The Bertz CT molecular complexity index is 992. The van der Waals surface area contributed by atoms with Crippen LogP contribution < -0.4 is 15.2 Å². The number of halogens is 7. The van der Waals surface area contributed by atoms with Crippen molar-refractivity contribution in [2.45, 2.75) is 0 Å². The van der Waals surface area contributed by atoms with Crippen molar-refractivity contribution in [3.63, 3.8) is 0 Å². The van der Waals surface area contributed by atoms with Gasteiger partial charge >= 0.3 is 0 Å². The average Bonchev–Trinajstić information content (AvgIpc) is 2.61. The molecule has 0 atom stereocenters. The van der Waals surface area contributed by atoms with Gasteiger partial charge < -0.3 is 15.2 Å². The van der Waals surface area contributed by atoms with Crippen LogP contribution in [0.1, 0.15) is 0 Å². The van der Waals surface area contributed by atoms with Crippen LogP contribution in [-0.2, 0) is 0 Å². The van der Waals surface area contributed by atoms with Crippen molar-refractivity contribution in [3.8, 4) is 23.0 Å². The van der Waals surface area contributed by atoms with E-state index in [-0.39, 0.29) is 53.8 Å². The normalized spacial score (nSPS) is 10.8. The topological polar surface area (TPSA) is 44.5 Å². The number of nitrogens with two attached hydrogens (primary N) is 1. The van der Waals surface area contributed by atoms with Crippen LogP contribution >= 0.6 is 81.2 Å². The van der Waals surface area contributed by atoms with Gasteiger partial charge in [0.1, 0.15) is 17.2 Å². The minimum atomic E-state index is 0.224. The van der Waals surface area contributed by atoms with Gasteiger partial charge in [-0.3, -0.25) is 0 Å². The Morgan fingerprint density at radius 3 is 1.29 bits per heavy atom. The zero-order valence-corrected chi connectivity index (χ0v) is 18.8. The number of hydrogen-bond donors (Lipinski definition) is 1. The fourth-order valence-electron chi connectivity index (χ4n) is 2.12. The van der Waals surface area contributed by atoms with Crippen LogP contribution in [0, 0.1) is 0 Å². The third-order valence-electron chi connectivity index (χ3n) is 3.45. The predicted octanol–water partition coefficient (Wildman–Crippen LogP) is 9.43. The van der Waals surface area contributed by atoms with Crippen molar-refractivity contribution in [1.82, 2.24) is 0 Å². The van der Waals surface area contributed by atoms with Gasteiger partial charge in [0.05, 0.1) is 40.8 Å². The van der Waals surface area contributed by atoms with E-state index in [1.54, 1.807) is 0 Å². The molecule has 0 unspecified atom stereocenters. The van der Waals surface area contributed by atoms with E-state index < -0.39 is 0 Å². The molecular weight excluding hydrogens is 510 g/mol. The Kier molecular flexibility index (Phi) is 6.88. The van der Waals surface area contributed by atoms with E-state index in [9.17, 15) is 0 Å². The highest BCUT2D eigenvalue weighted by molar-refractivity contribution is 6.44. The van der Waals surface area contributed by atoms with E-state index in [0.29, 0.717) is 10.0 Å². The Morgan fingerprint density at radius 2 is 0.786 bits per heavy atom. The molecule has 2 N–H and O–H groups in total. The molecule has 3 aromatic rings. The van der Waals surface area contributed by atoms with Crippen molar-refractivity contribution in [1.29, 1.82) is 0 Å². The second-order valence-corrected chi connectivity index (χ2v) is 8.27. The fourth-order valence-corrected chi connectivity index (χ4v) is 3.48. The van der Waals surface area contributed by atoms with Gasteiger partial charge in [0.2, 0.25) is 0 Å². The number of nitrogen functional groups attached to an aromatic ring is 1. The first-order chi connectivity index (χ1) is 13.2. The van der Waals surface area contributed by atoms with Crippen LogP contribution in [0.3, 0.4) is 0 Å². The largest absolute Gasteiger partial charge is 0.454 e. The molecule has 0 saturated heterocycles. The van der Waals surface area contributed by atoms with Crippen LogP contribution in [0.25, 0.3) is 0 Å². The summed E-state index contributed by atoms with van der Waals surface area (Å²) in [5.41, 5.74) is 6.24. The number of anilines is 1. The molecule has 0 aliphatic heterocycles. The van der Waals surface area contributed by atoms with Gasteiger partial charge in [0, 0.05) is 18.2 Å². The minimum Gasteiger partial charge on any atom is -0.454 e. The molecular formula is C18H8Cl7NO2. The highest BCUT2D eigenvalue weighted by Crippen LogP contribution is 2.43. The molecule has 0 amide bonds. The highest BCUT2D eigenvalue weighted by Gasteiger charge is 2.16. The maximum absolute atomic E-state index is 6.23. The predicted molar refractivity (Wildman–Crippen MR) is 119 cm³/mol. The lowest BCUT2D eigenvalue weighted by Crippen LogP contribution is -1.95. The van der Waals surface area contributed by atoms with E-state index in [1.807, 2.05) is 0 Å². The van der Waals surface area contributed by atoms with Crippen LogP contribution in [0.4, 0.5) is 5.69 Å². The number of rotatable bonds is 4. The molecule has 0 heterocycles. The Hall–Kier alpha value is -0.910. The summed E-state index contributed by atoms with van der Waals surface area (Å²) >= 11 is 42.4. The van der Waals surface area contributed by atoms with Crippen molar-refractivity contribution < 1.29 is 9.47 Å². The fraction of sp³-hybridized carbons (Fsp3) is 0. The first-order valence-corrected chi connectivity index (χ1v) is 10.0. The van der Waals surface area contributed by atoms with Gasteiger partial charge in [0.25, 0.3) is 0 Å². The number of benzene rings is 3. The van der Waals surface area contributed by atoms with Gasteiger partial charge in [0.15, 0.2) is 5.75 Å². The van der Waals surface area contributed by atoms with Crippen LogP contribution in [0.5, 0.6) is 23.0 Å². The Balaban J connectivity index is 1.97. The number of ether oxygens (including phenoxy) is 2. The van der Waals surface area contributed by atoms with Crippen molar-refractivity contribution >= 4 is 86.9 Å². The highest BCUT2D eigenvalue weighted by atomic mass is 35.5. The van der Waals surface area contributed by atoms with Gasteiger partial charge in [-0.05, 0) is 18.2 Å². The summed E-state index contributed by atoms with van der Waals surface area (Å²) in [6.07, 6.45) is 0. The third kappa shape index (κ3) is 4.80. The molecule has 0 saturated carbocycles. The summed E-state index contributed by atoms with van der Waals surface area (Å²) in [5, 5.41) is 1.85. The minimum absolute atomic E-state index is 0.224. The summed E-state index contributed by atoms with van der Waals surface area (Å²) in [5.74, 6) is 0.961. The molecule has 0 aromatic heterocycles. The molecule has 0 fully saturated rings. The summed E-state index contributed by atoms with van der Waals surface area (Å²) in [7, 11) is 0. The molecule has 0 bridgehead atoms. The maximum Gasteiger partial charge on any atom is 0.154 e. The zero-order chi connectivity index (χ0) is 20.6. The van der Waals surface area contributed by atoms with E-state index in [0.717, 1.165) is 0 Å². The van der Waals surface area contributed by atoms with Gasteiger partial charge in [-0.1, -0.05) is 81.2 Å². The van der Waals surface area contributed by atoms with Gasteiger partial charge in [-0.25, -0.2) is 0 Å². The van der Waals surface area contributed by atoms with Crippen LogP contribution in [0.2, 0.25) is 35.2 Å². The molecule has 0 radical (unpaired) electrons. The molecule has 10 heteroatoms. The molecule has 28 heavy (non-hydrogen) atoms. The first-order valence-electron chi connectivity index (χ1n) is 7.39. The molecule has 0 aliphatic carbocycles. The van der Waals surface area contributed by atoms with E-state index >= 15 is 0 Å². The second-order valence-electron chi connectivity index (χ2n) is 5.42. The average molecular weight is 518 g/mol. The Morgan fingerprint density at radius 1 is 0.429 bits per heavy atom. The maximum atomic E-state index is 6.23. The summed E-state index contributed by atoms with van der Waals surface area (Å²) < 4.78 is 11.5. The Labute approximate surface area is 195 Å². The third-order valence-corrected chi connectivity index (χ3v) is 5.78. The quantitative estimate of drug-likeness (QED) is 0.276. The van der Waals surface area contributed by atoms with E-state index in [2.05, 4.69) is 0 Å². The van der Waals surface area contributed by atoms with Crippen molar-refractivity contribution in [3.05, 3.63) is 71.6 Å². The summed E-state index contributed by atoms with van der Waals surface area (Å²) in [4.78, 5) is 0. The van der Waals surface area contributed by atoms with Crippen molar-refractivity contribution in [2.75, 3.05) is 5.73 Å². The standard InChI is InChI=1S/C18H8Cl7NO2/c19-7-1-11(23)15(4-9(7)21)27-17-6-18(14(26)3-13(17)25)28-16-5-10(22)8(20)2-12(16)24/h1-6H,26H2. The lowest BCUT2D eigenvalue weighted by molar-refractivity contribution is 0.462. The molecule has 0 aliphatic rings. The smallest absolute Gasteiger partial charge is 0.154 e. The van der Waals surface area contributed by atoms with Crippen LogP contribution in [-0.4, -0.2) is 0 Å². The molecule has 0 spiro atoms. The van der Waals surface area contributed by atoms with Crippen LogP contribution in [0.15, 0.2) is 36.4 Å². The van der Waals surface area contributed by atoms with Gasteiger partial charge in [-0.15, -0.1) is 0 Å². The lowest BCUT2D eigenvalue weighted by Gasteiger charge is -2.15. The SMILES string of the molecule is Nc1cc(Cl)c(Oc2cc(Cl)c(Cl)cc2Cl)cc1Oc1cc(Cl)c(Cl)cc1Cl. The molecule has 3 rings (SSSR count). The molecule has 3 aromatic carbocycles. The summed E-state index contributed by atoms with van der Waals surface area (Å²) in [6, 6.07) is 8.79. The van der Waals surface area contributed by atoms with E-state index in [1.165, 1.54) is 36.4 Å².